The molecule has 1 aliphatic rings. The molecule has 0 aromatic heterocycles. The third-order valence-corrected chi connectivity index (χ3v) is 3.69. The molecule has 1 aliphatic carbocycles. The van der Waals surface area contributed by atoms with Crippen molar-refractivity contribution in [3.05, 3.63) is 35.5 Å². The molecule has 0 aromatic carbocycles. The highest BCUT2D eigenvalue weighted by Gasteiger charge is 2.42. The summed E-state index contributed by atoms with van der Waals surface area (Å²) in [5.41, 5.74) is 1.16. The van der Waals surface area contributed by atoms with Crippen molar-refractivity contribution in [2.45, 2.75) is 47.2 Å². The van der Waals surface area contributed by atoms with Gasteiger partial charge in [0.05, 0.1) is 0 Å². The number of hydrogen-bond donors (Lipinski definition) is 0. The van der Waals surface area contributed by atoms with Crippen molar-refractivity contribution >= 4 is 0 Å². The first-order valence-electron chi connectivity index (χ1n) is 6.52. The van der Waals surface area contributed by atoms with Gasteiger partial charge in [-0.05, 0) is 38.7 Å². The molecule has 0 aromatic rings. The zero-order valence-electron chi connectivity index (χ0n) is 11.9. The summed E-state index contributed by atoms with van der Waals surface area (Å²) in [6, 6.07) is 0. The van der Waals surface area contributed by atoms with Crippen LogP contribution in [0.15, 0.2) is 35.5 Å². The molecule has 0 bridgehead atoms. The Balaban J connectivity index is 2.85. The second kappa shape index (κ2) is 5.20. The van der Waals surface area contributed by atoms with E-state index in [9.17, 15) is 4.39 Å². The molecule has 0 spiro atoms. The SMILES string of the molecule is C/C=C\C(C)=C/[C@](C)(F)C1C=C(C(C)C)C1C. The molecule has 3 atom stereocenters. The first-order valence-corrected chi connectivity index (χ1v) is 6.52. The first-order chi connectivity index (χ1) is 7.79. The Labute approximate surface area is 105 Å². The summed E-state index contributed by atoms with van der Waals surface area (Å²) in [5, 5.41) is 0. The van der Waals surface area contributed by atoms with Gasteiger partial charge in [-0.3, -0.25) is 0 Å². The van der Waals surface area contributed by atoms with E-state index in [0.29, 0.717) is 11.8 Å². The summed E-state index contributed by atoms with van der Waals surface area (Å²) in [6.07, 6.45) is 7.77. The lowest BCUT2D eigenvalue weighted by atomic mass is 9.65. The van der Waals surface area contributed by atoms with E-state index >= 15 is 0 Å². The monoisotopic (exact) mass is 236 g/mol. The van der Waals surface area contributed by atoms with Crippen molar-refractivity contribution in [2.24, 2.45) is 17.8 Å². The normalized spacial score (nSPS) is 29.2. The summed E-state index contributed by atoms with van der Waals surface area (Å²) in [5.74, 6) is 0.928. The number of allylic oxidation sites excluding steroid dienone is 6. The molecule has 1 rings (SSSR count). The molecule has 17 heavy (non-hydrogen) atoms. The van der Waals surface area contributed by atoms with Crippen molar-refractivity contribution in [3.63, 3.8) is 0 Å². The maximum Gasteiger partial charge on any atom is 0.133 e. The molecule has 1 heteroatoms. The van der Waals surface area contributed by atoms with E-state index in [1.165, 1.54) is 5.57 Å². The summed E-state index contributed by atoms with van der Waals surface area (Å²) in [7, 11) is 0. The zero-order chi connectivity index (χ0) is 13.2. The Bertz CT molecular complexity index is 356. The summed E-state index contributed by atoms with van der Waals surface area (Å²) in [4.78, 5) is 0. The third-order valence-electron chi connectivity index (χ3n) is 3.69. The molecule has 0 N–H and O–H groups in total. The standard InChI is InChI=1S/C16H25F/c1-7-8-12(4)10-16(6,17)15-9-14(11(2)3)13(15)5/h7-11,13,15H,1-6H3/b8-7-,12-10-/t13?,15?,16-/m0/s1. The lowest BCUT2D eigenvalue weighted by Gasteiger charge is -2.42. The van der Waals surface area contributed by atoms with Gasteiger partial charge in [-0.2, -0.15) is 0 Å². The van der Waals surface area contributed by atoms with Gasteiger partial charge in [0, 0.05) is 5.92 Å². The molecule has 0 amide bonds. The van der Waals surface area contributed by atoms with E-state index in [1.807, 2.05) is 26.0 Å². The Kier molecular flexibility index (Phi) is 4.35. The van der Waals surface area contributed by atoms with Crippen LogP contribution in [-0.2, 0) is 0 Å². The summed E-state index contributed by atoms with van der Waals surface area (Å²) >= 11 is 0. The minimum absolute atomic E-state index is 0.0279. The Morgan fingerprint density at radius 1 is 1.47 bits per heavy atom. The predicted molar refractivity (Wildman–Crippen MR) is 73.7 cm³/mol. The van der Waals surface area contributed by atoms with Crippen LogP contribution in [0.4, 0.5) is 4.39 Å². The van der Waals surface area contributed by atoms with E-state index in [4.69, 9.17) is 0 Å². The minimum Gasteiger partial charge on any atom is -0.239 e. The summed E-state index contributed by atoms with van der Waals surface area (Å²) < 4.78 is 14.6. The topological polar surface area (TPSA) is 0 Å². The van der Waals surface area contributed by atoms with Crippen molar-refractivity contribution in [3.8, 4) is 0 Å². The highest BCUT2D eigenvalue weighted by molar-refractivity contribution is 5.31. The molecular weight excluding hydrogens is 211 g/mol. The van der Waals surface area contributed by atoms with Gasteiger partial charge in [-0.15, -0.1) is 0 Å². The molecule has 0 heterocycles. The van der Waals surface area contributed by atoms with Crippen LogP contribution in [0.2, 0.25) is 0 Å². The van der Waals surface area contributed by atoms with Crippen LogP contribution in [0.25, 0.3) is 0 Å². The van der Waals surface area contributed by atoms with Crippen LogP contribution in [-0.4, -0.2) is 5.67 Å². The number of hydrogen-bond acceptors (Lipinski definition) is 0. The fraction of sp³-hybridized carbons (Fsp3) is 0.625. The Morgan fingerprint density at radius 3 is 2.47 bits per heavy atom. The van der Waals surface area contributed by atoms with E-state index in [0.717, 1.165) is 5.57 Å². The Morgan fingerprint density at radius 2 is 2.06 bits per heavy atom. The Hall–Kier alpha value is -0.850. The number of rotatable bonds is 4. The van der Waals surface area contributed by atoms with E-state index in [-0.39, 0.29) is 5.92 Å². The number of alkyl halides is 1. The van der Waals surface area contributed by atoms with Gasteiger partial charge in [-0.25, -0.2) is 4.39 Å². The molecule has 0 radical (unpaired) electrons. The molecular formula is C16H25F. The number of halogens is 1. The van der Waals surface area contributed by atoms with Gasteiger partial charge in [0.1, 0.15) is 5.67 Å². The van der Waals surface area contributed by atoms with Crippen LogP contribution in [0.1, 0.15) is 41.5 Å². The van der Waals surface area contributed by atoms with Gasteiger partial charge < -0.3 is 0 Å². The molecule has 96 valence electrons. The maximum atomic E-state index is 14.6. The quantitative estimate of drug-likeness (QED) is 0.471. The molecule has 0 aliphatic heterocycles. The highest BCUT2D eigenvalue weighted by atomic mass is 19.1. The van der Waals surface area contributed by atoms with E-state index in [2.05, 4.69) is 26.8 Å². The van der Waals surface area contributed by atoms with Gasteiger partial charge in [0.2, 0.25) is 0 Å². The van der Waals surface area contributed by atoms with Gasteiger partial charge >= 0.3 is 0 Å². The van der Waals surface area contributed by atoms with Crippen LogP contribution in [0.3, 0.4) is 0 Å². The van der Waals surface area contributed by atoms with E-state index < -0.39 is 5.67 Å². The van der Waals surface area contributed by atoms with Crippen LogP contribution >= 0.6 is 0 Å². The predicted octanol–water partition coefficient (Wildman–Crippen LogP) is 5.09. The average Bonchev–Trinajstić information content (AvgIpc) is 2.13. The molecule has 0 saturated heterocycles. The highest BCUT2D eigenvalue weighted by Crippen LogP contribution is 2.46. The van der Waals surface area contributed by atoms with E-state index in [1.54, 1.807) is 13.0 Å². The molecule has 0 fully saturated rings. The molecule has 0 saturated carbocycles. The third kappa shape index (κ3) is 3.08. The van der Waals surface area contributed by atoms with Crippen LogP contribution < -0.4 is 0 Å². The fourth-order valence-corrected chi connectivity index (χ4v) is 2.81. The summed E-state index contributed by atoms with van der Waals surface area (Å²) in [6.45, 7) is 12.1. The van der Waals surface area contributed by atoms with Gasteiger partial charge in [0.15, 0.2) is 0 Å². The second-order valence-electron chi connectivity index (χ2n) is 5.68. The van der Waals surface area contributed by atoms with Crippen LogP contribution in [0.5, 0.6) is 0 Å². The smallest absolute Gasteiger partial charge is 0.133 e. The average molecular weight is 236 g/mol. The van der Waals surface area contributed by atoms with Crippen LogP contribution in [0, 0.1) is 17.8 Å². The van der Waals surface area contributed by atoms with Crippen molar-refractivity contribution in [1.82, 2.24) is 0 Å². The zero-order valence-corrected chi connectivity index (χ0v) is 11.9. The van der Waals surface area contributed by atoms with Gasteiger partial charge in [0.25, 0.3) is 0 Å². The fourth-order valence-electron chi connectivity index (χ4n) is 2.81. The van der Waals surface area contributed by atoms with Crippen molar-refractivity contribution in [1.29, 1.82) is 0 Å². The minimum atomic E-state index is -1.23. The largest absolute Gasteiger partial charge is 0.239 e. The lowest BCUT2D eigenvalue weighted by Crippen LogP contribution is -2.39. The lowest BCUT2D eigenvalue weighted by molar-refractivity contribution is 0.135. The maximum absolute atomic E-state index is 14.6. The molecule has 0 nitrogen and oxygen atoms in total. The first kappa shape index (κ1) is 14.2. The van der Waals surface area contributed by atoms with Crippen molar-refractivity contribution in [2.75, 3.05) is 0 Å². The van der Waals surface area contributed by atoms with Gasteiger partial charge in [-0.1, -0.05) is 50.1 Å². The second-order valence-corrected chi connectivity index (χ2v) is 5.68. The molecule has 2 unspecified atom stereocenters. The van der Waals surface area contributed by atoms with Crippen molar-refractivity contribution < 1.29 is 4.39 Å².